The van der Waals surface area contributed by atoms with Crippen molar-refractivity contribution in [3.63, 3.8) is 0 Å². The fourth-order valence-electron chi connectivity index (χ4n) is 2.00. The second kappa shape index (κ2) is 9.00. The molecule has 0 heterocycles. The van der Waals surface area contributed by atoms with Gasteiger partial charge in [0.25, 0.3) is 0 Å². The Hall–Kier alpha value is -1.08. The maximum Gasteiger partial charge on any atom is 0.0208 e. The van der Waals surface area contributed by atoms with E-state index in [0.29, 0.717) is 6.04 Å². The van der Waals surface area contributed by atoms with E-state index in [1.165, 1.54) is 31.2 Å². The van der Waals surface area contributed by atoms with Gasteiger partial charge in [-0.25, -0.2) is 0 Å². The molecule has 94 valence electrons. The summed E-state index contributed by atoms with van der Waals surface area (Å²) >= 11 is 0. The van der Waals surface area contributed by atoms with Crippen LogP contribution in [0.15, 0.2) is 43.0 Å². The van der Waals surface area contributed by atoms with Gasteiger partial charge >= 0.3 is 0 Å². The molecule has 1 aromatic rings. The van der Waals surface area contributed by atoms with E-state index in [1.807, 2.05) is 6.08 Å². The van der Waals surface area contributed by atoms with Gasteiger partial charge in [0.15, 0.2) is 0 Å². The monoisotopic (exact) mass is 231 g/mol. The molecule has 0 bridgehead atoms. The quantitative estimate of drug-likeness (QED) is 0.493. The van der Waals surface area contributed by atoms with Crippen molar-refractivity contribution >= 4 is 0 Å². The first kappa shape index (κ1) is 14.0. The molecule has 0 saturated carbocycles. The largest absolute Gasteiger partial charge is 0.310 e. The summed E-state index contributed by atoms with van der Waals surface area (Å²) in [6, 6.07) is 11.2. The average Bonchev–Trinajstić information content (AvgIpc) is 2.37. The number of benzene rings is 1. The van der Waals surface area contributed by atoms with Crippen molar-refractivity contribution in [3.8, 4) is 0 Å². The van der Waals surface area contributed by atoms with E-state index in [-0.39, 0.29) is 0 Å². The summed E-state index contributed by atoms with van der Waals surface area (Å²) in [5, 5.41) is 3.62. The Balaban J connectivity index is 2.30. The first-order valence-electron chi connectivity index (χ1n) is 6.75. The molecular weight excluding hydrogens is 206 g/mol. The van der Waals surface area contributed by atoms with E-state index in [4.69, 9.17) is 0 Å². The zero-order valence-corrected chi connectivity index (χ0v) is 11.0. The van der Waals surface area contributed by atoms with Crippen LogP contribution >= 0.6 is 0 Å². The van der Waals surface area contributed by atoms with Crippen LogP contribution in [0.25, 0.3) is 0 Å². The third-order valence-corrected chi connectivity index (χ3v) is 3.05. The molecule has 17 heavy (non-hydrogen) atoms. The lowest BCUT2D eigenvalue weighted by molar-refractivity contribution is 0.461. The molecule has 0 spiro atoms. The van der Waals surface area contributed by atoms with Crippen molar-refractivity contribution in [3.05, 3.63) is 48.6 Å². The molecule has 0 aliphatic heterocycles. The molecule has 1 nitrogen and oxygen atoms in total. The standard InChI is InChI=1S/C16H25N/c1-3-5-7-13-16(10-4-2)17-14-15-11-8-6-9-12-15/h4,6,8-9,11-12,16-17H,2-3,5,7,10,13-14H2,1H3. The third kappa shape index (κ3) is 6.28. The van der Waals surface area contributed by atoms with Crippen LogP contribution in [0.3, 0.4) is 0 Å². The Morgan fingerprint density at radius 1 is 1.24 bits per heavy atom. The van der Waals surface area contributed by atoms with Crippen molar-refractivity contribution in [2.24, 2.45) is 0 Å². The van der Waals surface area contributed by atoms with Gasteiger partial charge in [-0.1, -0.05) is 62.6 Å². The van der Waals surface area contributed by atoms with Gasteiger partial charge in [-0.3, -0.25) is 0 Å². The minimum Gasteiger partial charge on any atom is -0.310 e. The molecule has 0 amide bonds. The van der Waals surface area contributed by atoms with Crippen molar-refractivity contribution in [2.75, 3.05) is 0 Å². The summed E-state index contributed by atoms with van der Waals surface area (Å²) in [5.74, 6) is 0. The van der Waals surface area contributed by atoms with Crippen molar-refractivity contribution < 1.29 is 0 Å². The Morgan fingerprint density at radius 3 is 2.65 bits per heavy atom. The summed E-state index contributed by atoms with van der Waals surface area (Å²) < 4.78 is 0. The summed E-state index contributed by atoms with van der Waals surface area (Å²) in [4.78, 5) is 0. The van der Waals surface area contributed by atoms with Crippen LogP contribution in [-0.2, 0) is 6.54 Å². The van der Waals surface area contributed by atoms with Crippen LogP contribution in [0.5, 0.6) is 0 Å². The second-order valence-electron chi connectivity index (χ2n) is 4.58. The van der Waals surface area contributed by atoms with E-state index in [0.717, 1.165) is 13.0 Å². The minimum absolute atomic E-state index is 0.583. The molecule has 0 radical (unpaired) electrons. The Bertz CT molecular complexity index is 292. The van der Waals surface area contributed by atoms with Crippen molar-refractivity contribution in [1.82, 2.24) is 5.32 Å². The highest BCUT2D eigenvalue weighted by atomic mass is 14.9. The van der Waals surface area contributed by atoms with Crippen LogP contribution in [0, 0.1) is 0 Å². The molecule has 1 N–H and O–H groups in total. The number of hydrogen-bond donors (Lipinski definition) is 1. The summed E-state index contributed by atoms with van der Waals surface area (Å²) in [6.07, 6.45) is 8.29. The van der Waals surface area contributed by atoms with Crippen LogP contribution < -0.4 is 5.32 Å². The van der Waals surface area contributed by atoms with Gasteiger partial charge in [-0.05, 0) is 18.4 Å². The molecule has 0 aliphatic carbocycles. The summed E-state index contributed by atoms with van der Waals surface area (Å²) in [5.41, 5.74) is 1.36. The second-order valence-corrected chi connectivity index (χ2v) is 4.58. The molecule has 1 atom stereocenters. The molecule has 0 aromatic heterocycles. The van der Waals surface area contributed by atoms with Gasteiger partial charge in [0, 0.05) is 12.6 Å². The topological polar surface area (TPSA) is 12.0 Å². The van der Waals surface area contributed by atoms with Crippen LogP contribution in [-0.4, -0.2) is 6.04 Å². The van der Waals surface area contributed by atoms with Gasteiger partial charge in [0.05, 0.1) is 0 Å². The Kier molecular flexibility index (Phi) is 7.40. The first-order chi connectivity index (χ1) is 8.36. The lowest BCUT2D eigenvalue weighted by Gasteiger charge is -2.17. The Morgan fingerprint density at radius 2 is 2.00 bits per heavy atom. The molecule has 1 rings (SSSR count). The highest BCUT2D eigenvalue weighted by Crippen LogP contribution is 2.08. The maximum absolute atomic E-state index is 3.84. The van der Waals surface area contributed by atoms with Crippen molar-refractivity contribution in [1.29, 1.82) is 0 Å². The fraction of sp³-hybridized carbons (Fsp3) is 0.500. The zero-order valence-electron chi connectivity index (χ0n) is 11.0. The predicted molar refractivity (Wildman–Crippen MR) is 76.0 cm³/mol. The molecular formula is C16H25N. The van der Waals surface area contributed by atoms with Crippen LogP contribution in [0.2, 0.25) is 0 Å². The van der Waals surface area contributed by atoms with Gasteiger partial charge in [0.1, 0.15) is 0 Å². The van der Waals surface area contributed by atoms with E-state index < -0.39 is 0 Å². The normalized spacial score (nSPS) is 12.3. The number of unbranched alkanes of at least 4 members (excludes halogenated alkanes) is 2. The SMILES string of the molecule is C=CCC(CCCCC)NCc1ccccc1. The highest BCUT2D eigenvalue weighted by Gasteiger charge is 2.05. The zero-order chi connectivity index (χ0) is 12.3. The Labute approximate surface area is 106 Å². The predicted octanol–water partition coefficient (Wildman–Crippen LogP) is 4.30. The average molecular weight is 231 g/mol. The summed E-state index contributed by atoms with van der Waals surface area (Å²) in [6.45, 7) is 7.06. The van der Waals surface area contributed by atoms with E-state index in [2.05, 4.69) is 49.2 Å². The lowest BCUT2D eigenvalue weighted by atomic mass is 10.0. The lowest BCUT2D eigenvalue weighted by Crippen LogP contribution is -2.28. The molecule has 1 aromatic carbocycles. The molecule has 0 fully saturated rings. The molecule has 0 saturated heterocycles. The maximum atomic E-state index is 3.84. The molecule has 0 aliphatic rings. The summed E-state index contributed by atoms with van der Waals surface area (Å²) in [7, 11) is 0. The number of rotatable bonds is 9. The van der Waals surface area contributed by atoms with Gasteiger partial charge in [0.2, 0.25) is 0 Å². The van der Waals surface area contributed by atoms with Gasteiger partial charge in [-0.15, -0.1) is 6.58 Å². The first-order valence-corrected chi connectivity index (χ1v) is 6.75. The minimum atomic E-state index is 0.583. The van der Waals surface area contributed by atoms with Gasteiger partial charge < -0.3 is 5.32 Å². The highest BCUT2D eigenvalue weighted by molar-refractivity contribution is 5.14. The number of nitrogens with one attached hydrogen (secondary N) is 1. The smallest absolute Gasteiger partial charge is 0.0208 e. The van der Waals surface area contributed by atoms with E-state index in [9.17, 15) is 0 Å². The fourth-order valence-corrected chi connectivity index (χ4v) is 2.00. The molecule has 1 heteroatoms. The van der Waals surface area contributed by atoms with E-state index in [1.54, 1.807) is 0 Å². The van der Waals surface area contributed by atoms with Crippen LogP contribution in [0.1, 0.15) is 44.6 Å². The van der Waals surface area contributed by atoms with Crippen LogP contribution in [0.4, 0.5) is 0 Å². The third-order valence-electron chi connectivity index (χ3n) is 3.05. The molecule has 1 unspecified atom stereocenters. The number of hydrogen-bond acceptors (Lipinski definition) is 1. The van der Waals surface area contributed by atoms with Crippen molar-refractivity contribution in [2.45, 2.75) is 51.6 Å². The van der Waals surface area contributed by atoms with E-state index >= 15 is 0 Å². The van der Waals surface area contributed by atoms with Gasteiger partial charge in [-0.2, -0.15) is 0 Å².